The number of hydrogen-bond acceptors (Lipinski definition) is 3. The van der Waals surface area contributed by atoms with E-state index in [4.69, 9.17) is 11.2 Å². The van der Waals surface area contributed by atoms with Crippen molar-refractivity contribution >= 4 is 16.8 Å². The van der Waals surface area contributed by atoms with Crippen LogP contribution in [0.3, 0.4) is 0 Å². The number of hydrogen-bond donors (Lipinski definition) is 1. The van der Waals surface area contributed by atoms with Crippen LogP contribution >= 0.6 is 0 Å². The molecule has 0 aliphatic heterocycles. The van der Waals surface area contributed by atoms with Crippen molar-refractivity contribution < 1.29 is 13.9 Å². The van der Waals surface area contributed by atoms with Crippen LogP contribution in [0.5, 0.6) is 5.75 Å². The lowest BCUT2D eigenvalue weighted by Gasteiger charge is -2.18. The number of carbonyl (C=O) groups is 1. The number of carbonyl (C=O) groups excluding carboxylic acids is 1. The molecule has 0 saturated carbocycles. The molecule has 0 radical (unpaired) electrons. The van der Waals surface area contributed by atoms with Crippen LogP contribution in [-0.4, -0.2) is 30.2 Å². The van der Waals surface area contributed by atoms with Crippen molar-refractivity contribution in [2.45, 2.75) is 26.4 Å². The maximum atomic E-state index is 12.2. The first-order chi connectivity index (χ1) is 11.1. The maximum absolute atomic E-state index is 12.2. The predicted molar refractivity (Wildman–Crippen MR) is 88.1 cm³/mol. The highest BCUT2D eigenvalue weighted by Crippen LogP contribution is 2.25. The molecule has 1 aromatic carbocycles. The molecule has 1 heterocycles. The minimum Gasteiger partial charge on any atom is -0.481 e. The number of nitrogens with one attached hydrogen (secondary N) is 1. The Morgan fingerprint density at radius 3 is 2.91 bits per heavy atom. The number of pyridine rings is 1. The number of rotatable bonds is 6. The second kappa shape index (κ2) is 7.59. The molecule has 120 valence electrons. The maximum Gasteiger partial charge on any atom is 0.261 e. The molecule has 1 amide bonds. The van der Waals surface area contributed by atoms with E-state index in [1.165, 1.54) is 0 Å². The quantitative estimate of drug-likeness (QED) is 0.834. The zero-order chi connectivity index (χ0) is 16.8. The van der Waals surface area contributed by atoms with Crippen molar-refractivity contribution in [3.8, 4) is 18.1 Å². The van der Waals surface area contributed by atoms with Crippen molar-refractivity contribution in [2.24, 2.45) is 0 Å². The second-order valence-corrected chi connectivity index (χ2v) is 5.17. The van der Waals surface area contributed by atoms with E-state index in [1.807, 2.05) is 26.0 Å². The molecular weight excluding hydrogens is 295 g/mol. The third-order valence-electron chi connectivity index (χ3n) is 3.45. The molecule has 0 saturated heterocycles. The number of nitrogens with zero attached hydrogens (tertiary/aromatic N) is 1. The first-order valence-electron chi connectivity index (χ1n) is 7.46. The summed E-state index contributed by atoms with van der Waals surface area (Å²) in [5.74, 6) is 2.79. The lowest BCUT2D eigenvalue weighted by atomic mass is 10.1. The van der Waals surface area contributed by atoms with Gasteiger partial charge in [0.15, 0.2) is 6.10 Å². The SMILES string of the molecule is C#Cc1cnc2c(C)cc(OC(CC)C(=O)NCCF)cc2c1. The molecule has 1 N–H and O–H groups in total. The predicted octanol–water partition coefficient (Wildman–Crippen LogP) is 2.77. The highest BCUT2D eigenvalue weighted by molar-refractivity contribution is 5.85. The zero-order valence-corrected chi connectivity index (χ0v) is 13.2. The number of halogens is 1. The number of aromatic nitrogens is 1. The average Bonchev–Trinajstić information content (AvgIpc) is 2.56. The molecule has 0 bridgehead atoms. The summed E-state index contributed by atoms with van der Waals surface area (Å²) in [6.45, 7) is 3.15. The summed E-state index contributed by atoms with van der Waals surface area (Å²) in [4.78, 5) is 16.3. The van der Waals surface area contributed by atoms with Gasteiger partial charge in [-0.3, -0.25) is 9.78 Å². The van der Waals surface area contributed by atoms with E-state index in [1.54, 1.807) is 12.3 Å². The van der Waals surface area contributed by atoms with E-state index in [2.05, 4.69) is 16.2 Å². The number of alkyl halides is 1. The summed E-state index contributed by atoms with van der Waals surface area (Å²) in [5.41, 5.74) is 2.45. The molecule has 2 aromatic rings. The van der Waals surface area contributed by atoms with Crippen molar-refractivity contribution in [3.63, 3.8) is 0 Å². The average molecular weight is 314 g/mol. The van der Waals surface area contributed by atoms with Gasteiger partial charge in [0.05, 0.1) is 5.52 Å². The molecule has 1 unspecified atom stereocenters. The number of aryl methyl sites for hydroxylation is 1. The van der Waals surface area contributed by atoms with Crippen LogP contribution in [0, 0.1) is 19.3 Å². The van der Waals surface area contributed by atoms with Gasteiger partial charge in [0.2, 0.25) is 0 Å². The topological polar surface area (TPSA) is 51.2 Å². The Bertz CT molecular complexity index is 753. The first kappa shape index (κ1) is 16.8. The molecule has 0 aliphatic carbocycles. The Hall–Kier alpha value is -2.61. The van der Waals surface area contributed by atoms with Crippen molar-refractivity contribution in [3.05, 3.63) is 35.5 Å². The van der Waals surface area contributed by atoms with Gasteiger partial charge >= 0.3 is 0 Å². The Morgan fingerprint density at radius 1 is 1.48 bits per heavy atom. The van der Waals surface area contributed by atoms with E-state index in [0.29, 0.717) is 17.7 Å². The summed E-state index contributed by atoms with van der Waals surface area (Å²) in [7, 11) is 0. The first-order valence-corrected chi connectivity index (χ1v) is 7.46. The van der Waals surface area contributed by atoms with Gasteiger partial charge < -0.3 is 10.1 Å². The van der Waals surface area contributed by atoms with E-state index in [-0.39, 0.29) is 12.5 Å². The monoisotopic (exact) mass is 314 g/mol. The Labute approximate surface area is 135 Å². The summed E-state index contributed by atoms with van der Waals surface area (Å²) in [6, 6.07) is 5.49. The summed E-state index contributed by atoms with van der Waals surface area (Å²) in [6.07, 6.45) is 6.87. The number of terminal acetylenes is 1. The highest BCUT2D eigenvalue weighted by atomic mass is 19.1. The third-order valence-corrected chi connectivity index (χ3v) is 3.45. The molecule has 5 heteroatoms. The molecule has 4 nitrogen and oxygen atoms in total. The van der Waals surface area contributed by atoms with E-state index in [0.717, 1.165) is 16.5 Å². The van der Waals surface area contributed by atoms with Gasteiger partial charge in [-0.2, -0.15) is 0 Å². The molecule has 0 aliphatic rings. The Kier molecular flexibility index (Phi) is 5.53. The van der Waals surface area contributed by atoms with Crippen molar-refractivity contribution in [2.75, 3.05) is 13.2 Å². The molecule has 1 atom stereocenters. The minimum absolute atomic E-state index is 0.00904. The largest absolute Gasteiger partial charge is 0.481 e. The van der Waals surface area contributed by atoms with E-state index < -0.39 is 12.8 Å². The Balaban J connectivity index is 2.28. The number of ether oxygens (including phenoxy) is 1. The van der Waals surface area contributed by atoms with Crippen LogP contribution < -0.4 is 10.1 Å². The molecular formula is C18H19FN2O2. The normalized spacial score (nSPS) is 11.7. The summed E-state index contributed by atoms with van der Waals surface area (Å²) in [5, 5.41) is 3.35. The fourth-order valence-electron chi connectivity index (χ4n) is 2.32. The summed E-state index contributed by atoms with van der Waals surface area (Å²) >= 11 is 0. The Morgan fingerprint density at radius 2 is 2.26 bits per heavy atom. The molecule has 0 fully saturated rings. The van der Waals surface area contributed by atoms with Crippen LogP contribution in [0.1, 0.15) is 24.5 Å². The fraction of sp³-hybridized carbons (Fsp3) is 0.333. The van der Waals surface area contributed by atoms with Gasteiger partial charge in [0.25, 0.3) is 5.91 Å². The van der Waals surface area contributed by atoms with Crippen molar-refractivity contribution in [1.82, 2.24) is 10.3 Å². The van der Waals surface area contributed by atoms with Gasteiger partial charge in [-0.15, -0.1) is 6.42 Å². The highest BCUT2D eigenvalue weighted by Gasteiger charge is 2.18. The van der Waals surface area contributed by atoms with E-state index in [9.17, 15) is 9.18 Å². The van der Waals surface area contributed by atoms with Gasteiger partial charge in [-0.05, 0) is 37.1 Å². The minimum atomic E-state index is -0.665. The zero-order valence-electron chi connectivity index (χ0n) is 13.2. The number of amides is 1. The van der Waals surface area contributed by atoms with Crippen LogP contribution in [-0.2, 0) is 4.79 Å². The third kappa shape index (κ3) is 3.98. The molecule has 1 aromatic heterocycles. The molecule has 2 rings (SSSR count). The fourth-order valence-corrected chi connectivity index (χ4v) is 2.32. The van der Waals surface area contributed by atoms with Crippen LogP contribution in [0.2, 0.25) is 0 Å². The van der Waals surface area contributed by atoms with Gasteiger partial charge in [-0.25, -0.2) is 4.39 Å². The van der Waals surface area contributed by atoms with Crippen LogP contribution in [0.4, 0.5) is 4.39 Å². The lowest BCUT2D eigenvalue weighted by molar-refractivity contribution is -0.128. The molecule has 23 heavy (non-hydrogen) atoms. The van der Waals surface area contributed by atoms with Crippen LogP contribution in [0.25, 0.3) is 10.9 Å². The molecule has 0 spiro atoms. The van der Waals surface area contributed by atoms with Gasteiger partial charge in [0, 0.05) is 23.7 Å². The smallest absolute Gasteiger partial charge is 0.261 e. The standard InChI is InChI=1S/C18H19FN2O2/c1-4-13-9-14-10-15(8-12(3)17(14)21-11-13)23-16(5-2)18(22)20-7-6-19/h1,8-11,16H,5-7H2,2-3H3,(H,20,22). The van der Waals surface area contributed by atoms with Gasteiger partial charge in [0.1, 0.15) is 12.4 Å². The second-order valence-electron chi connectivity index (χ2n) is 5.17. The van der Waals surface area contributed by atoms with Crippen molar-refractivity contribution in [1.29, 1.82) is 0 Å². The van der Waals surface area contributed by atoms with Gasteiger partial charge in [-0.1, -0.05) is 12.8 Å². The summed E-state index contributed by atoms with van der Waals surface area (Å²) < 4.78 is 17.9. The lowest BCUT2D eigenvalue weighted by Crippen LogP contribution is -2.38. The number of fused-ring (bicyclic) bond motifs is 1. The number of benzene rings is 1. The van der Waals surface area contributed by atoms with E-state index >= 15 is 0 Å². The van der Waals surface area contributed by atoms with Crippen LogP contribution in [0.15, 0.2) is 24.4 Å².